The molecule has 4 nitrogen and oxygen atoms in total. The van der Waals surface area contributed by atoms with E-state index in [0.717, 1.165) is 30.6 Å². The maximum absolute atomic E-state index is 5.67. The molecule has 2 unspecified atom stereocenters. The van der Waals surface area contributed by atoms with Gasteiger partial charge in [-0.3, -0.25) is 0 Å². The zero-order valence-electron chi connectivity index (χ0n) is 9.85. The van der Waals surface area contributed by atoms with E-state index in [-0.39, 0.29) is 0 Å². The van der Waals surface area contributed by atoms with Crippen molar-refractivity contribution in [3.8, 4) is 0 Å². The first-order valence-electron chi connectivity index (χ1n) is 5.75. The standard InChI is InChI=1S/C12H17N3OS/c1-16-9-5-4-8(7-9)15-12-10(11(13)17)3-2-6-14-12/h2-3,6,8-9H,4-5,7H2,1H3,(H2,13,17)(H,14,15). The molecule has 0 aromatic carbocycles. The van der Waals surface area contributed by atoms with E-state index in [1.165, 1.54) is 0 Å². The number of nitrogens with two attached hydrogens (primary N) is 1. The second-order valence-corrected chi connectivity index (χ2v) is 4.72. The summed E-state index contributed by atoms with van der Waals surface area (Å²) in [5, 5.41) is 3.40. The number of pyridine rings is 1. The monoisotopic (exact) mass is 251 g/mol. The number of hydrogen-bond acceptors (Lipinski definition) is 4. The molecule has 1 fully saturated rings. The van der Waals surface area contributed by atoms with Gasteiger partial charge in [0.15, 0.2) is 0 Å². The molecule has 2 atom stereocenters. The molecule has 1 aromatic heterocycles. The van der Waals surface area contributed by atoms with Gasteiger partial charge in [0.1, 0.15) is 10.8 Å². The Balaban J connectivity index is 2.06. The van der Waals surface area contributed by atoms with Crippen LogP contribution in [-0.2, 0) is 4.74 Å². The van der Waals surface area contributed by atoms with Crippen LogP contribution in [0.2, 0.25) is 0 Å². The van der Waals surface area contributed by atoms with Crippen LogP contribution in [0.4, 0.5) is 5.82 Å². The van der Waals surface area contributed by atoms with Crippen LogP contribution in [-0.4, -0.2) is 29.2 Å². The van der Waals surface area contributed by atoms with E-state index in [2.05, 4.69) is 10.3 Å². The Morgan fingerprint density at radius 3 is 3.06 bits per heavy atom. The fraction of sp³-hybridized carbons (Fsp3) is 0.500. The van der Waals surface area contributed by atoms with Crippen LogP contribution in [0.3, 0.4) is 0 Å². The van der Waals surface area contributed by atoms with Gasteiger partial charge >= 0.3 is 0 Å². The molecular formula is C12H17N3OS. The van der Waals surface area contributed by atoms with Gasteiger partial charge in [0.25, 0.3) is 0 Å². The van der Waals surface area contributed by atoms with Crippen molar-refractivity contribution in [2.75, 3.05) is 12.4 Å². The lowest BCUT2D eigenvalue weighted by Crippen LogP contribution is -2.21. The lowest BCUT2D eigenvalue weighted by atomic mass is 10.2. The average molecular weight is 251 g/mol. The molecule has 0 amide bonds. The SMILES string of the molecule is COC1CCC(Nc2ncccc2C(N)=S)C1. The number of rotatable bonds is 4. The highest BCUT2D eigenvalue weighted by Crippen LogP contribution is 2.25. The Hall–Kier alpha value is -1.20. The lowest BCUT2D eigenvalue weighted by Gasteiger charge is -2.15. The Bertz CT molecular complexity index is 410. The highest BCUT2D eigenvalue weighted by atomic mass is 32.1. The Morgan fingerprint density at radius 2 is 2.41 bits per heavy atom. The molecule has 17 heavy (non-hydrogen) atoms. The van der Waals surface area contributed by atoms with E-state index in [4.69, 9.17) is 22.7 Å². The minimum Gasteiger partial charge on any atom is -0.389 e. The predicted octanol–water partition coefficient (Wildman–Crippen LogP) is 1.70. The summed E-state index contributed by atoms with van der Waals surface area (Å²) in [6.07, 6.45) is 5.27. The summed E-state index contributed by atoms with van der Waals surface area (Å²) in [6, 6.07) is 4.12. The van der Waals surface area contributed by atoms with E-state index in [0.29, 0.717) is 17.1 Å². The fourth-order valence-corrected chi connectivity index (χ4v) is 2.36. The summed E-state index contributed by atoms with van der Waals surface area (Å²) in [5.41, 5.74) is 6.48. The van der Waals surface area contributed by atoms with Gasteiger partial charge in [-0.1, -0.05) is 12.2 Å². The summed E-state index contributed by atoms with van der Waals surface area (Å²) in [4.78, 5) is 4.67. The first kappa shape index (κ1) is 12.3. The molecule has 5 heteroatoms. The number of aromatic nitrogens is 1. The van der Waals surface area contributed by atoms with Crippen molar-refractivity contribution in [2.45, 2.75) is 31.4 Å². The maximum atomic E-state index is 5.67. The molecule has 0 radical (unpaired) electrons. The number of methoxy groups -OCH3 is 1. The van der Waals surface area contributed by atoms with Gasteiger partial charge < -0.3 is 15.8 Å². The van der Waals surface area contributed by atoms with Crippen molar-refractivity contribution >= 4 is 23.0 Å². The normalized spacial score (nSPS) is 23.6. The first-order valence-corrected chi connectivity index (χ1v) is 6.15. The molecule has 3 N–H and O–H groups in total. The number of thiocarbonyl (C=S) groups is 1. The van der Waals surface area contributed by atoms with Crippen molar-refractivity contribution in [2.24, 2.45) is 5.73 Å². The molecule has 0 spiro atoms. The third kappa shape index (κ3) is 2.92. The Labute approximate surface area is 107 Å². The van der Waals surface area contributed by atoms with Crippen LogP contribution in [0, 0.1) is 0 Å². The van der Waals surface area contributed by atoms with Crippen LogP contribution in [0.1, 0.15) is 24.8 Å². The molecule has 1 heterocycles. The van der Waals surface area contributed by atoms with Gasteiger partial charge in [0, 0.05) is 19.3 Å². The Morgan fingerprint density at radius 1 is 1.59 bits per heavy atom. The molecule has 1 aliphatic carbocycles. The quantitative estimate of drug-likeness (QED) is 0.798. The fourth-order valence-electron chi connectivity index (χ4n) is 2.20. The number of anilines is 1. The second-order valence-electron chi connectivity index (χ2n) is 4.28. The van der Waals surface area contributed by atoms with Crippen molar-refractivity contribution in [1.29, 1.82) is 0 Å². The van der Waals surface area contributed by atoms with Crippen molar-refractivity contribution in [3.63, 3.8) is 0 Å². The van der Waals surface area contributed by atoms with Crippen molar-refractivity contribution < 1.29 is 4.74 Å². The zero-order chi connectivity index (χ0) is 12.3. The van der Waals surface area contributed by atoms with Crippen molar-refractivity contribution in [3.05, 3.63) is 23.9 Å². The largest absolute Gasteiger partial charge is 0.389 e. The maximum Gasteiger partial charge on any atom is 0.136 e. The Kier molecular flexibility index (Phi) is 3.91. The number of nitrogens with zero attached hydrogens (tertiary/aromatic N) is 1. The average Bonchev–Trinajstić information content (AvgIpc) is 2.77. The summed E-state index contributed by atoms with van der Waals surface area (Å²) >= 11 is 5.01. The summed E-state index contributed by atoms with van der Waals surface area (Å²) in [5.74, 6) is 0.779. The van der Waals surface area contributed by atoms with E-state index in [1.54, 1.807) is 13.3 Å². The van der Waals surface area contributed by atoms with Gasteiger partial charge in [-0.25, -0.2) is 4.98 Å². The van der Waals surface area contributed by atoms with Gasteiger partial charge in [0.05, 0.1) is 11.7 Å². The summed E-state index contributed by atoms with van der Waals surface area (Å²) in [7, 11) is 1.76. The molecule has 1 aliphatic rings. The van der Waals surface area contributed by atoms with E-state index in [1.807, 2.05) is 12.1 Å². The van der Waals surface area contributed by atoms with Gasteiger partial charge in [-0.05, 0) is 31.4 Å². The van der Waals surface area contributed by atoms with E-state index in [9.17, 15) is 0 Å². The third-order valence-corrected chi connectivity index (χ3v) is 3.35. The smallest absolute Gasteiger partial charge is 0.136 e. The second kappa shape index (κ2) is 5.42. The van der Waals surface area contributed by atoms with Gasteiger partial charge in [-0.2, -0.15) is 0 Å². The highest BCUT2D eigenvalue weighted by molar-refractivity contribution is 7.80. The van der Waals surface area contributed by atoms with Crippen LogP contribution in [0.25, 0.3) is 0 Å². The predicted molar refractivity (Wildman–Crippen MR) is 72.2 cm³/mol. The number of nitrogens with one attached hydrogen (secondary N) is 1. The number of ether oxygens (including phenoxy) is 1. The van der Waals surface area contributed by atoms with Gasteiger partial charge in [-0.15, -0.1) is 0 Å². The topological polar surface area (TPSA) is 60.2 Å². The molecule has 0 bridgehead atoms. The minimum absolute atomic E-state index is 0.351. The minimum atomic E-state index is 0.351. The molecule has 92 valence electrons. The van der Waals surface area contributed by atoms with Crippen LogP contribution >= 0.6 is 12.2 Å². The van der Waals surface area contributed by atoms with E-state index < -0.39 is 0 Å². The van der Waals surface area contributed by atoms with Crippen molar-refractivity contribution in [1.82, 2.24) is 4.98 Å². The molecule has 0 saturated heterocycles. The molecular weight excluding hydrogens is 234 g/mol. The molecule has 2 rings (SSSR count). The van der Waals surface area contributed by atoms with Gasteiger partial charge in [0.2, 0.25) is 0 Å². The van der Waals surface area contributed by atoms with Crippen LogP contribution < -0.4 is 11.1 Å². The zero-order valence-corrected chi connectivity index (χ0v) is 10.7. The molecule has 1 saturated carbocycles. The van der Waals surface area contributed by atoms with Crippen LogP contribution in [0.15, 0.2) is 18.3 Å². The summed E-state index contributed by atoms with van der Waals surface area (Å²) < 4.78 is 5.35. The first-order chi connectivity index (χ1) is 8.20. The van der Waals surface area contributed by atoms with Crippen LogP contribution in [0.5, 0.6) is 0 Å². The lowest BCUT2D eigenvalue weighted by molar-refractivity contribution is 0.108. The molecule has 0 aliphatic heterocycles. The molecule has 1 aromatic rings. The number of hydrogen-bond donors (Lipinski definition) is 2. The summed E-state index contributed by atoms with van der Waals surface area (Å²) in [6.45, 7) is 0. The van der Waals surface area contributed by atoms with E-state index >= 15 is 0 Å². The third-order valence-electron chi connectivity index (χ3n) is 3.13. The highest BCUT2D eigenvalue weighted by Gasteiger charge is 2.25.